The monoisotopic (exact) mass is 464 g/mol. The molecule has 0 radical (unpaired) electrons. The van der Waals surface area contributed by atoms with Crippen LogP contribution in [-0.2, 0) is 14.3 Å². The fourth-order valence-electron chi connectivity index (χ4n) is 4.13. The number of carbonyl (C=O) groups is 3. The number of benzene rings is 2. The maximum Gasteiger partial charge on any atom is 0.407 e. The van der Waals surface area contributed by atoms with Gasteiger partial charge in [-0.2, -0.15) is 0 Å². The topological polar surface area (TPSA) is 105 Å². The average molecular weight is 465 g/mol. The number of aliphatic carboxylic acids is 1. The molecule has 0 saturated carbocycles. The number of ether oxygens (including phenoxy) is 1. The highest BCUT2D eigenvalue weighted by Gasteiger charge is 2.31. The molecule has 0 aliphatic heterocycles. The van der Waals surface area contributed by atoms with Gasteiger partial charge in [0.1, 0.15) is 18.7 Å². The van der Waals surface area contributed by atoms with Crippen molar-refractivity contribution in [1.82, 2.24) is 10.6 Å². The van der Waals surface area contributed by atoms with Crippen molar-refractivity contribution in [2.75, 3.05) is 6.61 Å². The van der Waals surface area contributed by atoms with E-state index >= 15 is 0 Å². The predicted molar refractivity (Wildman–Crippen MR) is 130 cm³/mol. The van der Waals surface area contributed by atoms with Gasteiger partial charge in [-0.1, -0.05) is 74.0 Å². The fraction of sp³-hybridized carbons (Fsp3) is 0.370. The number of hydrogen-bond acceptors (Lipinski definition) is 4. The molecule has 0 saturated heterocycles. The van der Waals surface area contributed by atoms with Crippen molar-refractivity contribution in [3.05, 3.63) is 71.3 Å². The summed E-state index contributed by atoms with van der Waals surface area (Å²) in [7, 11) is 0. The molecule has 2 aromatic rings. The SMILES string of the molecule is CC(C)=CCC(NC(=O)OCC1c2ccccc2-c2ccccc21)C(=O)N[C@@H](C(=O)O)C(C)C. The smallest absolute Gasteiger partial charge is 0.407 e. The van der Waals surface area contributed by atoms with Crippen molar-refractivity contribution >= 4 is 18.0 Å². The molecule has 2 aromatic carbocycles. The molecular weight excluding hydrogens is 432 g/mol. The van der Waals surface area contributed by atoms with Crippen molar-refractivity contribution in [1.29, 1.82) is 0 Å². The Kier molecular flexibility index (Phi) is 8.10. The summed E-state index contributed by atoms with van der Waals surface area (Å²) in [6.07, 6.45) is 1.32. The van der Waals surface area contributed by atoms with Crippen LogP contribution in [0.15, 0.2) is 60.2 Å². The number of amides is 2. The van der Waals surface area contributed by atoms with Crippen LogP contribution < -0.4 is 10.6 Å². The highest BCUT2D eigenvalue weighted by Crippen LogP contribution is 2.44. The van der Waals surface area contributed by atoms with E-state index in [4.69, 9.17) is 4.74 Å². The van der Waals surface area contributed by atoms with Crippen LogP contribution in [0.1, 0.15) is 51.2 Å². The Balaban J connectivity index is 1.69. The molecule has 0 aromatic heterocycles. The van der Waals surface area contributed by atoms with Crippen LogP contribution in [0.5, 0.6) is 0 Å². The molecule has 1 unspecified atom stereocenters. The number of carbonyl (C=O) groups excluding carboxylic acids is 2. The second-order valence-corrected chi connectivity index (χ2v) is 9.11. The molecule has 0 bridgehead atoms. The maximum atomic E-state index is 12.8. The number of allylic oxidation sites excluding steroid dienone is 1. The first-order valence-electron chi connectivity index (χ1n) is 11.5. The van der Waals surface area contributed by atoms with Gasteiger partial charge in [0.2, 0.25) is 5.91 Å². The van der Waals surface area contributed by atoms with Gasteiger partial charge in [-0.15, -0.1) is 0 Å². The van der Waals surface area contributed by atoms with Gasteiger partial charge in [-0.05, 0) is 48.4 Å². The lowest BCUT2D eigenvalue weighted by molar-refractivity contribution is -0.143. The van der Waals surface area contributed by atoms with Gasteiger partial charge >= 0.3 is 12.1 Å². The van der Waals surface area contributed by atoms with Crippen LogP contribution in [0.25, 0.3) is 11.1 Å². The number of fused-ring (bicyclic) bond motifs is 3. The number of nitrogens with one attached hydrogen (secondary N) is 2. The van der Waals surface area contributed by atoms with E-state index in [0.29, 0.717) is 0 Å². The molecule has 0 spiro atoms. The average Bonchev–Trinajstić information content (AvgIpc) is 3.11. The molecule has 1 aliphatic carbocycles. The molecule has 0 fully saturated rings. The van der Waals surface area contributed by atoms with E-state index in [1.165, 1.54) is 0 Å². The molecule has 34 heavy (non-hydrogen) atoms. The van der Waals surface area contributed by atoms with Crippen molar-refractivity contribution in [2.45, 2.75) is 52.1 Å². The van der Waals surface area contributed by atoms with Crippen LogP contribution >= 0.6 is 0 Å². The van der Waals surface area contributed by atoms with Crippen LogP contribution in [0.4, 0.5) is 4.79 Å². The standard InChI is InChI=1S/C27H32N2O5/c1-16(2)13-14-23(25(30)29-24(17(3)4)26(31)32)28-27(33)34-15-22-20-11-7-5-9-18(20)19-10-6-8-12-21(19)22/h5-13,17,22-24H,14-15H2,1-4H3,(H,28,33)(H,29,30)(H,31,32)/t23?,24-/m1/s1. The minimum atomic E-state index is -1.12. The predicted octanol–water partition coefficient (Wildman–Crippen LogP) is 4.48. The number of rotatable bonds is 9. The molecule has 1 aliphatic rings. The molecule has 3 N–H and O–H groups in total. The lowest BCUT2D eigenvalue weighted by atomic mass is 9.98. The summed E-state index contributed by atoms with van der Waals surface area (Å²) in [4.78, 5) is 37.0. The minimum Gasteiger partial charge on any atom is -0.480 e. The second-order valence-electron chi connectivity index (χ2n) is 9.11. The van der Waals surface area contributed by atoms with Gasteiger partial charge in [-0.3, -0.25) is 4.79 Å². The summed E-state index contributed by atoms with van der Waals surface area (Å²) in [5, 5.41) is 14.5. The van der Waals surface area contributed by atoms with Gasteiger partial charge in [0.15, 0.2) is 0 Å². The van der Waals surface area contributed by atoms with E-state index in [1.54, 1.807) is 13.8 Å². The molecule has 2 amide bonds. The Bertz CT molecular complexity index is 1040. The minimum absolute atomic E-state index is 0.0967. The highest BCUT2D eigenvalue weighted by molar-refractivity contribution is 5.89. The summed E-state index contributed by atoms with van der Waals surface area (Å²) in [6, 6.07) is 14.1. The third-order valence-corrected chi connectivity index (χ3v) is 5.94. The molecular formula is C27H32N2O5. The van der Waals surface area contributed by atoms with Crippen molar-refractivity contribution in [2.24, 2.45) is 5.92 Å². The van der Waals surface area contributed by atoms with E-state index in [1.807, 2.05) is 56.3 Å². The Morgan fingerprint density at radius 2 is 1.53 bits per heavy atom. The summed E-state index contributed by atoms with van der Waals surface area (Å²) in [5.74, 6) is -2.09. The van der Waals surface area contributed by atoms with Crippen LogP contribution in [-0.4, -0.2) is 41.8 Å². The van der Waals surface area contributed by atoms with Gasteiger partial charge < -0.3 is 20.5 Å². The first-order valence-corrected chi connectivity index (χ1v) is 11.5. The molecule has 7 heteroatoms. The van der Waals surface area contributed by atoms with E-state index in [0.717, 1.165) is 27.8 Å². The molecule has 3 rings (SSSR count). The Morgan fingerprint density at radius 1 is 0.971 bits per heavy atom. The van der Waals surface area contributed by atoms with E-state index in [9.17, 15) is 19.5 Å². The van der Waals surface area contributed by atoms with Crippen molar-refractivity contribution < 1.29 is 24.2 Å². The summed E-state index contributed by atoms with van der Waals surface area (Å²) in [6.45, 7) is 7.32. The summed E-state index contributed by atoms with van der Waals surface area (Å²) >= 11 is 0. The van der Waals surface area contributed by atoms with Gasteiger partial charge in [0, 0.05) is 5.92 Å². The normalized spacial score (nSPS) is 13.9. The van der Waals surface area contributed by atoms with E-state index < -0.39 is 30.1 Å². The molecule has 7 nitrogen and oxygen atoms in total. The third-order valence-electron chi connectivity index (χ3n) is 5.94. The molecule has 180 valence electrons. The summed E-state index contributed by atoms with van der Waals surface area (Å²) in [5.41, 5.74) is 5.42. The molecule has 2 atom stereocenters. The van der Waals surface area contributed by atoms with Crippen LogP contribution in [0.3, 0.4) is 0 Å². The Labute approximate surface area is 200 Å². The van der Waals surface area contributed by atoms with Crippen LogP contribution in [0.2, 0.25) is 0 Å². The van der Waals surface area contributed by atoms with Crippen molar-refractivity contribution in [3.8, 4) is 11.1 Å². The zero-order valence-corrected chi connectivity index (χ0v) is 20.0. The van der Waals surface area contributed by atoms with Gasteiger partial charge in [-0.25, -0.2) is 9.59 Å². The van der Waals surface area contributed by atoms with Crippen molar-refractivity contribution in [3.63, 3.8) is 0 Å². The summed E-state index contributed by atoms with van der Waals surface area (Å²) < 4.78 is 5.56. The Morgan fingerprint density at radius 3 is 2.03 bits per heavy atom. The number of alkyl carbamates (subject to hydrolysis) is 1. The Hall–Kier alpha value is -3.61. The molecule has 0 heterocycles. The lowest BCUT2D eigenvalue weighted by Gasteiger charge is -2.23. The van der Waals surface area contributed by atoms with E-state index in [2.05, 4.69) is 22.8 Å². The second kappa shape index (κ2) is 11.0. The first kappa shape index (κ1) is 25.0. The quantitative estimate of drug-likeness (QED) is 0.475. The third kappa shape index (κ3) is 5.84. The highest BCUT2D eigenvalue weighted by atomic mass is 16.5. The van der Waals surface area contributed by atoms with E-state index in [-0.39, 0.29) is 24.9 Å². The number of carboxylic acids is 1. The zero-order valence-electron chi connectivity index (χ0n) is 20.0. The largest absolute Gasteiger partial charge is 0.480 e. The fourth-order valence-corrected chi connectivity index (χ4v) is 4.13. The number of carboxylic acid groups (broad SMARTS) is 1. The van der Waals surface area contributed by atoms with Crippen LogP contribution in [0, 0.1) is 5.92 Å². The van der Waals surface area contributed by atoms with Gasteiger partial charge in [0.05, 0.1) is 0 Å². The zero-order chi connectivity index (χ0) is 24.8. The van der Waals surface area contributed by atoms with Gasteiger partial charge in [0.25, 0.3) is 0 Å². The first-order chi connectivity index (χ1) is 16.2. The lowest BCUT2D eigenvalue weighted by Crippen LogP contribution is -2.53. The maximum absolute atomic E-state index is 12.8. The number of hydrogen-bond donors (Lipinski definition) is 3.